The van der Waals surface area contributed by atoms with Gasteiger partial charge in [0.15, 0.2) is 0 Å². The first-order valence-electron chi connectivity index (χ1n) is 5.67. The molecule has 0 aliphatic rings. The summed E-state index contributed by atoms with van der Waals surface area (Å²) < 4.78 is 0. The Bertz CT molecular complexity index is 434. The van der Waals surface area contributed by atoms with E-state index in [1.807, 2.05) is 32.0 Å². The minimum absolute atomic E-state index is 0. The monoisotopic (exact) mass is 326 g/mol. The van der Waals surface area contributed by atoms with Crippen molar-refractivity contribution in [3.63, 3.8) is 0 Å². The van der Waals surface area contributed by atoms with Crippen LogP contribution >= 0.6 is 0 Å². The van der Waals surface area contributed by atoms with Crippen molar-refractivity contribution in [1.82, 2.24) is 0 Å². The Morgan fingerprint density at radius 1 is 1.40 bits per heavy atom. The molecule has 0 aromatic heterocycles. The SMILES string of the molecule is CC(/C=C(\[O-])c1ccccc1)=NC[C@H](C)N.O=N[O-].[Cu+2]. The number of nitrogens with zero attached hydrogens (tertiary/aromatic N) is 2. The summed E-state index contributed by atoms with van der Waals surface area (Å²) in [5.74, 6) is -0.0217. The summed E-state index contributed by atoms with van der Waals surface area (Å²) in [7, 11) is 0. The number of rotatable bonds is 4. The summed E-state index contributed by atoms with van der Waals surface area (Å²) >= 11 is 0. The van der Waals surface area contributed by atoms with E-state index >= 15 is 0 Å². The molecule has 6 nitrogen and oxygen atoms in total. The molecule has 0 heterocycles. The standard InChI is InChI=1S/C13H18N2O.Cu.HNO2/c1-10(14)9-15-11(2)8-13(16)12-6-4-3-5-7-12;;2-1-3/h3-8,10,16H,9,14H2,1-2H3;;(H,2,3)/q;+2;/p-2/b13-8-,15-11?;;/t10-;;/m0../s1. The Morgan fingerprint density at radius 3 is 2.35 bits per heavy atom. The van der Waals surface area contributed by atoms with Gasteiger partial charge in [-0.15, -0.1) is 5.34 Å². The average Bonchev–Trinajstić information content (AvgIpc) is 2.38. The van der Waals surface area contributed by atoms with Crippen LogP contribution < -0.4 is 10.8 Å². The third-order valence-corrected chi connectivity index (χ3v) is 2.03. The molecule has 2 N–H and O–H groups in total. The average molecular weight is 327 g/mol. The van der Waals surface area contributed by atoms with Crippen molar-refractivity contribution >= 4 is 11.5 Å². The van der Waals surface area contributed by atoms with Gasteiger partial charge < -0.3 is 21.0 Å². The number of hydrogen-bond donors (Lipinski definition) is 1. The topological polar surface area (TPSA) is 114 Å². The zero-order valence-electron chi connectivity index (χ0n) is 11.2. The van der Waals surface area contributed by atoms with E-state index in [2.05, 4.69) is 4.99 Å². The summed E-state index contributed by atoms with van der Waals surface area (Å²) in [4.78, 5) is 12.2. The Morgan fingerprint density at radius 2 is 1.90 bits per heavy atom. The van der Waals surface area contributed by atoms with Gasteiger partial charge in [0, 0.05) is 11.8 Å². The zero-order chi connectivity index (χ0) is 14.7. The number of allylic oxidation sites excluding steroid dienone is 1. The predicted molar refractivity (Wildman–Crippen MR) is 75.2 cm³/mol. The van der Waals surface area contributed by atoms with Crippen molar-refractivity contribution in [3.8, 4) is 0 Å². The second-order valence-electron chi connectivity index (χ2n) is 3.91. The van der Waals surface area contributed by atoms with Gasteiger partial charge in [-0.1, -0.05) is 36.1 Å². The van der Waals surface area contributed by atoms with Crippen molar-refractivity contribution < 1.29 is 22.2 Å². The molecule has 113 valence electrons. The summed E-state index contributed by atoms with van der Waals surface area (Å²) in [6.45, 7) is 4.24. The van der Waals surface area contributed by atoms with Crippen LogP contribution in [0.1, 0.15) is 19.4 Å². The van der Waals surface area contributed by atoms with Crippen molar-refractivity contribution in [2.45, 2.75) is 19.9 Å². The van der Waals surface area contributed by atoms with E-state index in [9.17, 15) is 5.11 Å². The number of aliphatic imine (C=N–C) groups is 1. The fraction of sp³-hybridized carbons (Fsp3) is 0.308. The molecule has 1 rings (SSSR count). The summed E-state index contributed by atoms with van der Waals surface area (Å²) in [6.07, 6.45) is 1.54. The van der Waals surface area contributed by atoms with E-state index in [-0.39, 0.29) is 28.9 Å². The Kier molecular flexibility index (Phi) is 12.7. The molecule has 1 aromatic carbocycles. The first-order valence-corrected chi connectivity index (χ1v) is 5.67. The van der Waals surface area contributed by atoms with Gasteiger partial charge in [0.2, 0.25) is 0 Å². The Hall–Kier alpha value is -1.69. The van der Waals surface area contributed by atoms with Crippen molar-refractivity contribution in [3.05, 3.63) is 52.1 Å². The molecule has 0 spiro atoms. The fourth-order valence-electron chi connectivity index (χ4n) is 1.21. The molecular weight excluding hydrogens is 310 g/mol. The molecule has 1 aromatic rings. The van der Waals surface area contributed by atoms with E-state index in [1.165, 1.54) is 6.08 Å². The second kappa shape index (κ2) is 12.3. The quantitative estimate of drug-likeness (QED) is 0.296. The summed E-state index contributed by atoms with van der Waals surface area (Å²) in [5.41, 5.74) is 6.97. The van der Waals surface area contributed by atoms with Crippen LogP contribution in [-0.4, -0.2) is 18.3 Å². The van der Waals surface area contributed by atoms with Gasteiger partial charge in [-0.25, -0.2) is 0 Å². The molecule has 0 saturated heterocycles. The van der Waals surface area contributed by atoms with Crippen LogP contribution in [0.25, 0.3) is 5.76 Å². The molecule has 0 bridgehead atoms. The molecule has 7 heteroatoms. The van der Waals surface area contributed by atoms with Gasteiger partial charge >= 0.3 is 17.1 Å². The minimum atomic E-state index is -0.0217. The molecule has 0 unspecified atom stereocenters. The Balaban J connectivity index is 0. The molecule has 0 saturated carbocycles. The molecular formula is C13H17CuN3O3. The predicted octanol–water partition coefficient (Wildman–Crippen LogP) is 1.44. The van der Waals surface area contributed by atoms with E-state index < -0.39 is 0 Å². The maximum atomic E-state index is 11.7. The summed E-state index contributed by atoms with van der Waals surface area (Å²) in [5, 5.41) is 20.7. The maximum Gasteiger partial charge on any atom is 2.00 e. The number of nitrogens with two attached hydrogens (primary N) is 1. The fourth-order valence-corrected chi connectivity index (χ4v) is 1.21. The molecule has 1 radical (unpaired) electrons. The van der Waals surface area contributed by atoms with Gasteiger partial charge in [0.1, 0.15) is 0 Å². The zero-order valence-corrected chi connectivity index (χ0v) is 12.2. The second-order valence-corrected chi connectivity index (χ2v) is 3.91. The van der Waals surface area contributed by atoms with E-state index in [1.54, 1.807) is 12.1 Å². The Labute approximate surface area is 128 Å². The van der Waals surface area contributed by atoms with E-state index in [0.29, 0.717) is 17.8 Å². The minimum Gasteiger partial charge on any atom is -0.872 e. The third-order valence-electron chi connectivity index (χ3n) is 2.03. The first-order chi connectivity index (χ1) is 9.01. The maximum absolute atomic E-state index is 11.7. The van der Waals surface area contributed by atoms with Gasteiger partial charge in [0.05, 0.1) is 6.54 Å². The molecule has 0 fully saturated rings. The van der Waals surface area contributed by atoms with Crippen LogP contribution in [0.15, 0.2) is 46.7 Å². The van der Waals surface area contributed by atoms with Crippen molar-refractivity contribution in [1.29, 1.82) is 0 Å². The molecule has 0 amide bonds. The molecule has 0 aliphatic heterocycles. The van der Waals surface area contributed by atoms with Crippen LogP contribution in [0, 0.1) is 10.1 Å². The van der Waals surface area contributed by atoms with Crippen LogP contribution in [0.5, 0.6) is 0 Å². The smallest absolute Gasteiger partial charge is 0.872 e. The summed E-state index contributed by atoms with van der Waals surface area (Å²) in [6, 6.07) is 9.17. The van der Waals surface area contributed by atoms with Crippen LogP contribution in [0.4, 0.5) is 0 Å². The molecule has 1 atom stereocenters. The van der Waals surface area contributed by atoms with Gasteiger partial charge in [-0.2, -0.15) is 0 Å². The van der Waals surface area contributed by atoms with Crippen LogP contribution in [0.3, 0.4) is 0 Å². The number of benzene rings is 1. The van der Waals surface area contributed by atoms with Crippen molar-refractivity contribution in [2.24, 2.45) is 16.1 Å². The largest absolute Gasteiger partial charge is 2.00 e. The van der Waals surface area contributed by atoms with E-state index in [4.69, 9.17) is 15.8 Å². The third kappa shape index (κ3) is 10.3. The van der Waals surface area contributed by atoms with Gasteiger partial charge in [-0.3, -0.25) is 4.99 Å². The molecule has 20 heavy (non-hydrogen) atoms. The van der Waals surface area contributed by atoms with Crippen LogP contribution in [-0.2, 0) is 17.1 Å². The first kappa shape index (κ1) is 20.6. The van der Waals surface area contributed by atoms with Gasteiger partial charge in [-0.05, 0) is 25.5 Å². The number of hydrogen-bond acceptors (Lipinski definition) is 6. The van der Waals surface area contributed by atoms with E-state index in [0.717, 1.165) is 5.34 Å². The van der Waals surface area contributed by atoms with Gasteiger partial charge in [0.25, 0.3) is 0 Å². The molecule has 0 aliphatic carbocycles. The van der Waals surface area contributed by atoms with Crippen LogP contribution in [0.2, 0.25) is 0 Å². The normalized spacial score (nSPS) is 12.6. The van der Waals surface area contributed by atoms with Crippen molar-refractivity contribution in [2.75, 3.05) is 6.54 Å².